The predicted octanol–water partition coefficient (Wildman–Crippen LogP) is 3.72. The lowest BCUT2D eigenvalue weighted by Crippen LogP contribution is -2.02. The summed E-state index contributed by atoms with van der Waals surface area (Å²) in [5.74, 6) is 0.852. The third-order valence-electron chi connectivity index (χ3n) is 2.93. The maximum atomic E-state index is 3.61. The van der Waals surface area contributed by atoms with E-state index in [-0.39, 0.29) is 0 Å². The first-order valence-corrected chi connectivity index (χ1v) is 5.95. The molecule has 2 heteroatoms. The fourth-order valence-corrected chi connectivity index (χ4v) is 2.71. The van der Waals surface area contributed by atoms with Gasteiger partial charge in [-0.15, -0.1) is 11.3 Å². The van der Waals surface area contributed by atoms with Crippen molar-refractivity contribution in [3.05, 3.63) is 29.6 Å². The number of benzene rings is 1. The first kappa shape index (κ1) is 8.30. The molecule has 0 spiro atoms. The molecule has 0 aliphatic heterocycles. The number of anilines is 1. The predicted molar refractivity (Wildman–Crippen MR) is 63.0 cm³/mol. The topological polar surface area (TPSA) is 12.0 Å². The van der Waals surface area contributed by atoms with E-state index in [1.54, 1.807) is 0 Å². The van der Waals surface area contributed by atoms with Gasteiger partial charge in [0, 0.05) is 6.04 Å². The van der Waals surface area contributed by atoms with E-state index in [1.165, 1.54) is 22.2 Å². The van der Waals surface area contributed by atoms with Crippen LogP contribution in [0.4, 0.5) is 5.69 Å². The van der Waals surface area contributed by atoms with Crippen molar-refractivity contribution in [2.75, 3.05) is 5.32 Å². The van der Waals surface area contributed by atoms with Crippen molar-refractivity contribution >= 4 is 27.1 Å². The Balaban J connectivity index is 1.98. The van der Waals surface area contributed by atoms with Gasteiger partial charge in [0.05, 0.1) is 10.4 Å². The van der Waals surface area contributed by atoms with Crippen molar-refractivity contribution in [3.8, 4) is 0 Å². The number of nitrogens with one attached hydrogen (secondary N) is 1. The van der Waals surface area contributed by atoms with Gasteiger partial charge in [0.15, 0.2) is 0 Å². The summed E-state index contributed by atoms with van der Waals surface area (Å²) in [6, 6.07) is 9.38. The highest BCUT2D eigenvalue weighted by atomic mass is 32.1. The lowest BCUT2D eigenvalue weighted by molar-refractivity contribution is 0.930. The fourth-order valence-electron chi connectivity index (χ4n) is 1.83. The van der Waals surface area contributed by atoms with Crippen LogP contribution < -0.4 is 5.32 Å². The van der Waals surface area contributed by atoms with Gasteiger partial charge in [0.1, 0.15) is 0 Å². The van der Waals surface area contributed by atoms with Gasteiger partial charge in [0.2, 0.25) is 0 Å². The Morgan fingerprint density at radius 3 is 3.00 bits per heavy atom. The standard InChI is InChI=1S/C12H13NS/c1-8-7-11(8)13-10-4-2-3-9-5-6-14-12(9)10/h2-6,8,11,13H,7H2,1H3. The van der Waals surface area contributed by atoms with Crippen molar-refractivity contribution in [3.63, 3.8) is 0 Å². The normalized spacial score (nSPS) is 25.2. The molecule has 2 aromatic rings. The largest absolute Gasteiger partial charge is 0.381 e. The summed E-state index contributed by atoms with van der Waals surface area (Å²) in [6.45, 7) is 2.30. The van der Waals surface area contributed by atoms with Gasteiger partial charge in [-0.25, -0.2) is 0 Å². The zero-order chi connectivity index (χ0) is 9.54. The van der Waals surface area contributed by atoms with Crippen molar-refractivity contribution in [1.29, 1.82) is 0 Å². The Bertz CT molecular complexity index is 460. The minimum absolute atomic E-state index is 0.711. The average Bonchev–Trinajstić information content (AvgIpc) is 2.69. The van der Waals surface area contributed by atoms with Crippen LogP contribution in [-0.4, -0.2) is 6.04 Å². The summed E-state index contributed by atoms with van der Waals surface area (Å²) < 4.78 is 1.40. The smallest absolute Gasteiger partial charge is 0.0574 e. The molecular weight excluding hydrogens is 190 g/mol. The quantitative estimate of drug-likeness (QED) is 0.784. The van der Waals surface area contributed by atoms with Gasteiger partial charge >= 0.3 is 0 Å². The molecule has 1 fully saturated rings. The van der Waals surface area contributed by atoms with E-state index in [4.69, 9.17) is 0 Å². The van der Waals surface area contributed by atoms with Gasteiger partial charge in [-0.05, 0) is 35.2 Å². The summed E-state index contributed by atoms with van der Waals surface area (Å²) in [5, 5.41) is 7.12. The maximum absolute atomic E-state index is 3.61. The highest BCUT2D eigenvalue weighted by Gasteiger charge is 2.32. The first-order valence-electron chi connectivity index (χ1n) is 5.07. The third kappa shape index (κ3) is 1.30. The second-order valence-corrected chi connectivity index (χ2v) is 5.02. The molecule has 14 heavy (non-hydrogen) atoms. The first-order chi connectivity index (χ1) is 6.84. The van der Waals surface area contributed by atoms with Gasteiger partial charge in [-0.3, -0.25) is 0 Å². The summed E-state index contributed by atoms with van der Waals surface area (Å²) in [5.41, 5.74) is 1.31. The third-order valence-corrected chi connectivity index (χ3v) is 3.89. The summed E-state index contributed by atoms with van der Waals surface area (Å²) >= 11 is 1.82. The van der Waals surface area contributed by atoms with Crippen LogP contribution in [0.2, 0.25) is 0 Å². The summed E-state index contributed by atoms with van der Waals surface area (Å²) in [4.78, 5) is 0. The highest BCUT2D eigenvalue weighted by molar-refractivity contribution is 7.17. The molecule has 1 aromatic carbocycles. The average molecular weight is 203 g/mol. The molecule has 1 aliphatic carbocycles. The summed E-state index contributed by atoms with van der Waals surface area (Å²) in [7, 11) is 0. The molecule has 1 nitrogen and oxygen atoms in total. The van der Waals surface area contributed by atoms with E-state index in [0.717, 1.165) is 5.92 Å². The van der Waals surface area contributed by atoms with E-state index < -0.39 is 0 Å². The Hall–Kier alpha value is -1.02. The number of rotatable bonds is 2. The molecule has 3 rings (SSSR count). The van der Waals surface area contributed by atoms with Crippen LogP contribution in [0.25, 0.3) is 10.1 Å². The molecular formula is C12H13NS. The molecule has 2 unspecified atom stereocenters. The van der Waals surface area contributed by atoms with Gasteiger partial charge < -0.3 is 5.32 Å². The van der Waals surface area contributed by atoms with E-state index in [2.05, 4.69) is 41.9 Å². The Kier molecular flexibility index (Phi) is 1.77. The van der Waals surface area contributed by atoms with Crippen molar-refractivity contribution in [2.45, 2.75) is 19.4 Å². The van der Waals surface area contributed by atoms with Crippen LogP contribution in [0, 0.1) is 5.92 Å². The molecule has 1 N–H and O–H groups in total. The second kappa shape index (κ2) is 2.99. The maximum Gasteiger partial charge on any atom is 0.0574 e. The molecule has 1 saturated carbocycles. The Labute approximate surface area is 87.8 Å². The van der Waals surface area contributed by atoms with E-state index in [9.17, 15) is 0 Å². The van der Waals surface area contributed by atoms with Crippen LogP contribution in [0.3, 0.4) is 0 Å². The minimum atomic E-state index is 0.711. The van der Waals surface area contributed by atoms with Crippen molar-refractivity contribution in [1.82, 2.24) is 0 Å². The molecule has 0 amide bonds. The van der Waals surface area contributed by atoms with Gasteiger partial charge in [-0.1, -0.05) is 19.1 Å². The number of hydrogen-bond acceptors (Lipinski definition) is 2. The number of hydrogen-bond donors (Lipinski definition) is 1. The monoisotopic (exact) mass is 203 g/mol. The Morgan fingerprint density at radius 1 is 1.36 bits per heavy atom. The molecule has 0 saturated heterocycles. The number of thiophene rings is 1. The lowest BCUT2D eigenvalue weighted by atomic mass is 10.2. The SMILES string of the molecule is CC1CC1Nc1cccc2ccsc12. The molecule has 1 aliphatic rings. The van der Waals surface area contributed by atoms with Gasteiger partial charge in [-0.2, -0.15) is 0 Å². The molecule has 2 atom stereocenters. The van der Waals surface area contributed by atoms with Crippen molar-refractivity contribution < 1.29 is 0 Å². The highest BCUT2D eigenvalue weighted by Crippen LogP contribution is 2.36. The van der Waals surface area contributed by atoms with Crippen LogP contribution in [0.1, 0.15) is 13.3 Å². The molecule has 1 heterocycles. The van der Waals surface area contributed by atoms with Crippen LogP contribution in [0.15, 0.2) is 29.6 Å². The van der Waals surface area contributed by atoms with Crippen LogP contribution in [-0.2, 0) is 0 Å². The summed E-state index contributed by atoms with van der Waals surface area (Å²) in [6.07, 6.45) is 1.32. The zero-order valence-corrected chi connectivity index (χ0v) is 8.97. The van der Waals surface area contributed by atoms with Crippen molar-refractivity contribution in [2.24, 2.45) is 5.92 Å². The second-order valence-electron chi connectivity index (χ2n) is 4.11. The molecule has 1 aromatic heterocycles. The van der Waals surface area contributed by atoms with Crippen LogP contribution in [0.5, 0.6) is 0 Å². The van der Waals surface area contributed by atoms with E-state index >= 15 is 0 Å². The number of fused-ring (bicyclic) bond motifs is 1. The minimum Gasteiger partial charge on any atom is -0.381 e. The van der Waals surface area contributed by atoms with Gasteiger partial charge in [0.25, 0.3) is 0 Å². The lowest BCUT2D eigenvalue weighted by Gasteiger charge is -2.05. The Morgan fingerprint density at radius 2 is 2.21 bits per heavy atom. The molecule has 72 valence electrons. The fraction of sp³-hybridized carbons (Fsp3) is 0.333. The zero-order valence-electron chi connectivity index (χ0n) is 8.16. The molecule has 0 radical (unpaired) electrons. The van der Waals surface area contributed by atoms with E-state index in [1.807, 2.05) is 11.3 Å². The van der Waals surface area contributed by atoms with Crippen LogP contribution >= 0.6 is 11.3 Å². The molecule has 0 bridgehead atoms. The van der Waals surface area contributed by atoms with E-state index in [0.29, 0.717) is 6.04 Å².